The summed E-state index contributed by atoms with van der Waals surface area (Å²) in [6.45, 7) is 3.53. The van der Waals surface area contributed by atoms with Crippen molar-refractivity contribution in [2.24, 2.45) is 0 Å². The summed E-state index contributed by atoms with van der Waals surface area (Å²) in [7, 11) is 0. The van der Waals surface area contributed by atoms with E-state index in [2.05, 4.69) is 10.3 Å². The van der Waals surface area contributed by atoms with Gasteiger partial charge in [-0.1, -0.05) is 30.4 Å². The van der Waals surface area contributed by atoms with Crippen molar-refractivity contribution < 1.29 is 19.1 Å². The van der Waals surface area contributed by atoms with Crippen molar-refractivity contribution in [1.29, 1.82) is 0 Å². The standard InChI is InChI=1S/C18H20N2O4/c1-3-4-10-14(18(22)23)19-16(21)11-15-12(2)24-17(20-15)13-8-6-5-7-9-13/h3-9,14H,10-11H2,1-2H3,(H,19,21)(H,22,23)/b4-3+. The van der Waals surface area contributed by atoms with Crippen LogP contribution in [0.4, 0.5) is 0 Å². The minimum absolute atomic E-state index is 0.0260. The molecule has 0 saturated carbocycles. The van der Waals surface area contributed by atoms with Gasteiger partial charge in [0.2, 0.25) is 11.8 Å². The van der Waals surface area contributed by atoms with Crippen molar-refractivity contribution >= 4 is 11.9 Å². The number of allylic oxidation sites excluding steroid dienone is 1. The number of aliphatic carboxylic acids is 1. The van der Waals surface area contributed by atoms with Gasteiger partial charge in [-0.05, 0) is 32.4 Å². The maximum absolute atomic E-state index is 12.1. The second kappa shape index (κ2) is 8.10. The van der Waals surface area contributed by atoms with E-state index >= 15 is 0 Å². The molecule has 1 aromatic carbocycles. The molecule has 0 spiro atoms. The highest BCUT2D eigenvalue weighted by atomic mass is 16.4. The number of carbonyl (C=O) groups is 2. The summed E-state index contributed by atoms with van der Waals surface area (Å²) in [5, 5.41) is 11.6. The van der Waals surface area contributed by atoms with Gasteiger partial charge in [-0.25, -0.2) is 9.78 Å². The molecule has 0 bridgehead atoms. The minimum Gasteiger partial charge on any atom is -0.480 e. The van der Waals surface area contributed by atoms with Crippen molar-refractivity contribution in [1.82, 2.24) is 10.3 Å². The highest BCUT2D eigenvalue weighted by Gasteiger charge is 2.20. The van der Waals surface area contributed by atoms with Crippen molar-refractivity contribution in [3.63, 3.8) is 0 Å². The number of rotatable bonds is 7. The predicted octanol–water partition coefficient (Wildman–Crippen LogP) is 2.73. The third-order valence-corrected chi connectivity index (χ3v) is 3.48. The van der Waals surface area contributed by atoms with E-state index in [0.717, 1.165) is 5.56 Å². The van der Waals surface area contributed by atoms with E-state index in [1.54, 1.807) is 26.0 Å². The molecule has 24 heavy (non-hydrogen) atoms. The second-order valence-corrected chi connectivity index (χ2v) is 5.33. The molecule has 1 amide bonds. The van der Waals surface area contributed by atoms with Crippen molar-refractivity contribution in [2.45, 2.75) is 32.7 Å². The lowest BCUT2D eigenvalue weighted by atomic mass is 10.1. The fourth-order valence-electron chi connectivity index (χ4n) is 2.19. The number of benzene rings is 1. The Kier molecular flexibility index (Phi) is 5.89. The largest absolute Gasteiger partial charge is 0.480 e. The number of carboxylic acid groups (broad SMARTS) is 1. The molecule has 1 aromatic heterocycles. The minimum atomic E-state index is -1.07. The first-order chi connectivity index (χ1) is 11.5. The quantitative estimate of drug-likeness (QED) is 0.762. The van der Waals surface area contributed by atoms with Crippen LogP contribution in [0.3, 0.4) is 0 Å². The van der Waals surface area contributed by atoms with Gasteiger partial charge in [0.15, 0.2) is 0 Å². The SMILES string of the molecule is C/C=C/CC(NC(=O)Cc1nc(-c2ccccc2)oc1C)C(=O)O. The monoisotopic (exact) mass is 328 g/mol. The van der Waals surface area contributed by atoms with E-state index in [0.29, 0.717) is 17.3 Å². The first-order valence-electron chi connectivity index (χ1n) is 7.66. The van der Waals surface area contributed by atoms with Gasteiger partial charge in [0.25, 0.3) is 0 Å². The molecule has 1 unspecified atom stereocenters. The number of nitrogens with one attached hydrogen (secondary N) is 1. The normalized spacial score (nSPS) is 12.2. The maximum atomic E-state index is 12.1. The summed E-state index contributed by atoms with van der Waals surface area (Å²) in [5.41, 5.74) is 1.32. The first kappa shape index (κ1) is 17.5. The lowest BCUT2D eigenvalue weighted by Crippen LogP contribution is -2.41. The summed E-state index contributed by atoms with van der Waals surface area (Å²) in [4.78, 5) is 27.6. The zero-order valence-corrected chi connectivity index (χ0v) is 13.7. The molecule has 0 fully saturated rings. The maximum Gasteiger partial charge on any atom is 0.326 e. The molecule has 6 nitrogen and oxygen atoms in total. The number of amides is 1. The number of aromatic nitrogens is 1. The molecule has 2 N–H and O–H groups in total. The molecule has 126 valence electrons. The molecular weight excluding hydrogens is 308 g/mol. The molecule has 0 aliphatic rings. The number of carboxylic acids is 1. The molecule has 0 aliphatic heterocycles. The number of oxazole rings is 1. The molecule has 1 atom stereocenters. The Balaban J connectivity index is 2.06. The first-order valence-corrected chi connectivity index (χ1v) is 7.66. The van der Waals surface area contributed by atoms with Crippen LogP contribution < -0.4 is 5.32 Å². The second-order valence-electron chi connectivity index (χ2n) is 5.33. The summed E-state index contributed by atoms with van der Waals surface area (Å²) in [6.07, 6.45) is 3.66. The van der Waals surface area contributed by atoms with E-state index in [1.165, 1.54) is 0 Å². The van der Waals surface area contributed by atoms with Gasteiger partial charge in [0.05, 0.1) is 12.1 Å². The zero-order chi connectivity index (χ0) is 17.5. The van der Waals surface area contributed by atoms with Crippen LogP contribution >= 0.6 is 0 Å². The molecule has 6 heteroatoms. The van der Waals surface area contributed by atoms with Gasteiger partial charge in [-0.2, -0.15) is 0 Å². The van der Waals surface area contributed by atoms with Crippen LogP contribution in [-0.4, -0.2) is 28.0 Å². The van der Waals surface area contributed by atoms with Crippen molar-refractivity contribution in [3.8, 4) is 11.5 Å². The van der Waals surface area contributed by atoms with Crippen LogP contribution in [0.25, 0.3) is 11.5 Å². The molecule has 0 aliphatic carbocycles. The van der Waals surface area contributed by atoms with Gasteiger partial charge in [0.1, 0.15) is 11.8 Å². The van der Waals surface area contributed by atoms with Crippen molar-refractivity contribution in [2.75, 3.05) is 0 Å². The molecule has 2 rings (SSSR count). The van der Waals surface area contributed by atoms with Crippen LogP contribution in [0.5, 0.6) is 0 Å². The van der Waals surface area contributed by atoms with Crippen LogP contribution in [-0.2, 0) is 16.0 Å². The number of hydrogen-bond acceptors (Lipinski definition) is 4. The fraction of sp³-hybridized carbons (Fsp3) is 0.278. The van der Waals surface area contributed by atoms with E-state index in [-0.39, 0.29) is 12.8 Å². The summed E-state index contributed by atoms with van der Waals surface area (Å²) >= 11 is 0. The Morgan fingerprint density at radius 1 is 1.33 bits per heavy atom. The zero-order valence-electron chi connectivity index (χ0n) is 13.7. The van der Waals surface area contributed by atoms with E-state index in [1.807, 2.05) is 30.3 Å². The van der Waals surface area contributed by atoms with Gasteiger partial charge >= 0.3 is 5.97 Å². The molecule has 0 saturated heterocycles. The van der Waals surface area contributed by atoms with Gasteiger partial charge in [-0.3, -0.25) is 4.79 Å². The van der Waals surface area contributed by atoms with Crippen LogP contribution in [0.1, 0.15) is 24.8 Å². The van der Waals surface area contributed by atoms with Crippen LogP contribution in [0.15, 0.2) is 46.9 Å². The molecule has 0 radical (unpaired) electrons. The Morgan fingerprint density at radius 3 is 2.67 bits per heavy atom. The Morgan fingerprint density at radius 2 is 2.04 bits per heavy atom. The van der Waals surface area contributed by atoms with Gasteiger partial charge in [-0.15, -0.1) is 0 Å². The lowest BCUT2D eigenvalue weighted by Gasteiger charge is -2.12. The van der Waals surface area contributed by atoms with Crippen LogP contribution in [0, 0.1) is 6.92 Å². The summed E-state index contributed by atoms with van der Waals surface area (Å²) in [5.74, 6) is -0.477. The lowest BCUT2D eigenvalue weighted by molar-refractivity contribution is -0.141. The Bertz CT molecular complexity index is 735. The Hall–Kier alpha value is -2.89. The van der Waals surface area contributed by atoms with E-state index in [9.17, 15) is 9.59 Å². The average Bonchev–Trinajstić information content (AvgIpc) is 2.93. The molecular formula is C18H20N2O4. The highest BCUT2D eigenvalue weighted by molar-refractivity contribution is 5.84. The Labute approximate surface area is 140 Å². The summed E-state index contributed by atoms with van der Waals surface area (Å²) < 4.78 is 5.60. The van der Waals surface area contributed by atoms with E-state index in [4.69, 9.17) is 9.52 Å². The highest BCUT2D eigenvalue weighted by Crippen LogP contribution is 2.21. The third-order valence-electron chi connectivity index (χ3n) is 3.48. The van der Waals surface area contributed by atoms with Crippen molar-refractivity contribution in [3.05, 3.63) is 53.9 Å². The van der Waals surface area contributed by atoms with Crippen LogP contribution in [0.2, 0.25) is 0 Å². The van der Waals surface area contributed by atoms with Gasteiger partial charge < -0.3 is 14.8 Å². The fourth-order valence-corrected chi connectivity index (χ4v) is 2.19. The number of aryl methyl sites for hydroxylation is 1. The molecule has 1 heterocycles. The molecule has 2 aromatic rings. The number of hydrogen-bond donors (Lipinski definition) is 2. The number of carbonyl (C=O) groups excluding carboxylic acids is 1. The smallest absolute Gasteiger partial charge is 0.326 e. The third kappa shape index (κ3) is 4.55. The van der Waals surface area contributed by atoms with Gasteiger partial charge in [0, 0.05) is 5.56 Å². The number of nitrogens with zero attached hydrogens (tertiary/aromatic N) is 1. The summed E-state index contributed by atoms with van der Waals surface area (Å²) in [6, 6.07) is 8.43. The predicted molar refractivity (Wildman–Crippen MR) is 89.4 cm³/mol. The topological polar surface area (TPSA) is 92.4 Å². The van der Waals surface area contributed by atoms with E-state index < -0.39 is 17.9 Å². The average molecular weight is 328 g/mol.